The number of hydrogen-bond acceptors (Lipinski definition) is 4. The molecule has 16 heavy (non-hydrogen) atoms. The molecule has 6 nitrogen and oxygen atoms in total. The van der Waals surface area contributed by atoms with E-state index in [4.69, 9.17) is 0 Å². The Kier molecular flexibility index (Phi) is 2.78. The molecule has 2 N–H and O–H groups in total. The standard InChI is InChI=1S/C9H10BrN5O/c1-11-7-8-13-5(9(16)12-2)3-15(8)4-6(10)14-7/h3-4H,1-2H3,(H,11,14)(H,12,16). The van der Waals surface area contributed by atoms with Gasteiger partial charge in [-0.3, -0.25) is 4.79 Å². The van der Waals surface area contributed by atoms with Gasteiger partial charge in [0, 0.05) is 26.5 Å². The van der Waals surface area contributed by atoms with Gasteiger partial charge in [0.05, 0.1) is 0 Å². The predicted molar refractivity (Wildman–Crippen MR) is 63.6 cm³/mol. The van der Waals surface area contributed by atoms with Gasteiger partial charge in [-0.1, -0.05) is 0 Å². The van der Waals surface area contributed by atoms with E-state index < -0.39 is 0 Å². The number of nitrogens with one attached hydrogen (secondary N) is 2. The molecule has 0 atom stereocenters. The molecule has 0 unspecified atom stereocenters. The topological polar surface area (TPSA) is 71.3 Å². The monoisotopic (exact) mass is 283 g/mol. The smallest absolute Gasteiger partial charge is 0.271 e. The van der Waals surface area contributed by atoms with Crippen LogP contribution in [0.5, 0.6) is 0 Å². The number of halogens is 1. The molecular weight excluding hydrogens is 274 g/mol. The number of amides is 1. The van der Waals surface area contributed by atoms with Crippen LogP contribution >= 0.6 is 15.9 Å². The lowest BCUT2D eigenvalue weighted by molar-refractivity contribution is 0.0959. The largest absolute Gasteiger partial charge is 0.370 e. The normalized spacial score (nSPS) is 10.4. The van der Waals surface area contributed by atoms with Gasteiger partial charge in [0.25, 0.3) is 5.91 Å². The van der Waals surface area contributed by atoms with Gasteiger partial charge in [-0.15, -0.1) is 0 Å². The van der Waals surface area contributed by atoms with Crippen LogP contribution in [-0.4, -0.2) is 34.4 Å². The summed E-state index contributed by atoms with van der Waals surface area (Å²) in [6, 6.07) is 0. The van der Waals surface area contributed by atoms with Crippen LogP contribution in [0.3, 0.4) is 0 Å². The quantitative estimate of drug-likeness (QED) is 0.859. The summed E-state index contributed by atoms with van der Waals surface area (Å²) in [6.45, 7) is 0. The molecule has 0 fully saturated rings. The molecule has 0 saturated heterocycles. The van der Waals surface area contributed by atoms with E-state index in [9.17, 15) is 4.79 Å². The molecule has 0 aliphatic heterocycles. The maximum atomic E-state index is 11.4. The van der Waals surface area contributed by atoms with Crippen molar-refractivity contribution in [3.8, 4) is 0 Å². The summed E-state index contributed by atoms with van der Waals surface area (Å²) < 4.78 is 2.42. The van der Waals surface area contributed by atoms with E-state index in [1.54, 1.807) is 30.9 Å². The third-order valence-electron chi connectivity index (χ3n) is 2.10. The van der Waals surface area contributed by atoms with Crippen molar-refractivity contribution in [1.82, 2.24) is 19.7 Å². The SMILES string of the molecule is CNC(=O)c1cn2cc(Br)nc(NC)c2n1. The maximum Gasteiger partial charge on any atom is 0.271 e. The molecule has 2 aromatic rings. The highest BCUT2D eigenvalue weighted by atomic mass is 79.9. The fourth-order valence-electron chi connectivity index (χ4n) is 1.37. The number of nitrogens with zero attached hydrogens (tertiary/aromatic N) is 3. The van der Waals surface area contributed by atoms with Crippen molar-refractivity contribution >= 4 is 33.3 Å². The minimum Gasteiger partial charge on any atom is -0.370 e. The van der Waals surface area contributed by atoms with Crippen molar-refractivity contribution in [3.05, 3.63) is 22.7 Å². The van der Waals surface area contributed by atoms with Crippen molar-refractivity contribution in [1.29, 1.82) is 0 Å². The van der Waals surface area contributed by atoms with Gasteiger partial charge < -0.3 is 15.0 Å². The minimum atomic E-state index is -0.220. The van der Waals surface area contributed by atoms with Gasteiger partial charge >= 0.3 is 0 Å². The second-order valence-electron chi connectivity index (χ2n) is 3.10. The van der Waals surface area contributed by atoms with Crippen molar-refractivity contribution in [3.63, 3.8) is 0 Å². The molecule has 7 heteroatoms. The van der Waals surface area contributed by atoms with Crippen LogP contribution in [0.1, 0.15) is 10.5 Å². The van der Waals surface area contributed by atoms with E-state index in [1.807, 2.05) is 0 Å². The zero-order valence-corrected chi connectivity index (χ0v) is 10.4. The zero-order valence-electron chi connectivity index (χ0n) is 8.78. The number of carbonyl (C=O) groups excluding carboxylic acids is 1. The van der Waals surface area contributed by atoms with Crippen LogP contribution in [0, 0.1) is 0 Å². The Hall–Kier alpha value is -1.63. The van der Waals surface area contributed by atoms with E-state index in [0.717, 1.165) is 0 Å². The van der Waals surface area contributed by atoms with Gasteiger partial charge in [0.2, 0.25) is 0 Å². The van der Waals surface area contributed by atoms with E-state index in [1.165, 1.54) is 0 Å². The number of anilines is 1. The van der Waals surface area contributed by atoms with E-state index in [-0.39, 0.29) is 5.91 Å². The molecule has 0 saturated carbocycles. The first-order chi connectivity index (χ1) is 7.65. The lowest BCUT2D eigenvalue weighted by Crippen LogP contribution is -2.17. The van der Waals surface area contributed by atoms with Gasteiger partial charge in [0.15, 0.2) is 11.5 Å². The van der Waals surface area contributed by atoms with Gasteiger partial charge in [0.1, 0.15) is 10.3 Å². The second kappa shape index (κ2) is 4.09. The lowest BCUT2D eigenvalue weighted by Gasteiger charge is -2.01. The van der Waals surface area contributed by atoms with Crippen molar-refractivity contribution < 1.29 is 4.79 Å². The van der Waals surface area contributed by atoms with Crippen LogP contribution in [0.25, 0.3) is 5.65 Å². The Bertz CT molecular complexity index is 550. The van der Waals surface area contributed by atoms with Crippen molar-refractivity contribution in [2.45, 2.75) is 0 Å². The molecule has 84 valence electrons. The average Bonchev–Trinajstić information content (AvgIpc) is 2.70. The first-order valence-electron chi connectivity index (χ1n) is 4.60. The first kappa shape index (κ1) is 10.9. The molecular formula is C9H10BrN5O. The number of imidazole rings is 1. The molecule has 0 aliphatic carbocycles. The number of rotatable bonds is 2. The first-order valence-corrected chi connectivity index (χ1v) is 5.40. The van der Waals surface area contributed by atoms with Gasteiger partial charge in [-0.05, 0) is 15.9 Å². The van der Waals surface area contributed by atoms with Crippen LogP contribution in [0.2, 0.25) is 0 Å². The third-order valence-corrected chi connectivity index (χ3v) is 2.49. The molecule has 0 aromatic carbocycles. The fourth-order valence-corrected chi connectivity index (χ4v) is 1.77. The van der Waals surface area contributed by atoms with Crippen LogP contribution in [-0.2, 0) is 0 Å². The maximum absolute atomic E-state index is 11.4. The zero-order chi connectivity index (χ0) is 11.7. The molecule has 1 amide bonds. The van der Waals surface area contributed by atoms with E-state index in [0.29, 0.717) is 21.8 Å². The molecule has 0 bridgehead atoms. The highest BCUT2D eigenvalue weighted by molar-refractivity contribution is 9.10. The summed E-state index contributed by atoms with van der Waals surface area (Å²) in [7, 11) is 3.32. The average molecular weight is 284 g/mol. The summed E-state index contributed by atoms with van der Waals surface area (Å²) in [5, 5.41) is 5.45. The second-order valence-corrected chi connectivity index (χ2v) is 3.91. The number of hydrogen-bond donors (Lipinski definition) is 2. The summed E-state index contributed by atoms with van der Waals surface area (Å²) >= 11 is 3.29. The Labute approximate surface area is 100 Å². The Morgan fingerprint density at radius 3 is 2.75 bits per heavy atom. The Balaban J connectivity index is 2.64. The minimum absolute atomic E-state index is 0.220. The fraction of sp³-hybridized carbons (Fsp3) is 0.222. The highest BCUT2D eigenvalue weighted by Gasteiger charge is 2.12. The predicted octanol–water partition coefficient (Wildman–Crippen LogP) is 0.893. The van der Waals surface area contributed by atoms with Crippen molar-refractivity contribution in [2.24, 2.45) is 0 Å². The molecule has 0 aliphatic rings. The molecule has 2 rings (SSSR count). The summed E-state index contributed by atoms with van der Waals surface area (Å²) in [5.41, 5.74) is 0.975. The highest BCUT2D eigenvalue weighted by Crippen LogP contribution is 2.17. The van der Waals surface area contributed by atoms with Gasteiger partial charge in [-0.25, -0.2) is 9.97 Å². The van der Waals surface area contributed by atoms with E-state index in [2.05, 4.69) is 36.5 Å². The van der Waals surface area contributed by atoms with Crippen molar-refractivity contribution in [2.75, 3.05) is 19.4 Å². The summed E-state index contributed by atoms with van der Waals surface area (Å²) in [4.78, 5) is 19.8. The number of fused-ring (bicyclic) bond motifs is 1. The number of carbonyl (C=O) groups is 1. The lowest BCUT2D eigenvalue weighted by atomic mass is 10.4. The van der Waals surface area contributed by atoms with E-state index >= 15 is 0 Å². The van der Waals surface area contributed by atoms with Crippen LogP contribution in [0.4, 0.5) is 5.82 Å². The molecule has 2 aromatic heterocycles. The Morgan fingerprint density at radius 1 is 1.38 bits per heavy atom. The molecule has 2 heterocycles. The van der Waals surface area contributed by atoms with Crippen LogP contribution < -0.4 is 10.6 Å². The van der Waals surface area contributed by atoms with Gasteiger partial charge in [-0.2, -0.15) is 0 Å². The Morgan fingerprint density at radius 2 is 2.12 bits per heavy atom. The molecule has 0 radical (unpaired) electrons. The number of aromatic nitrogens is 3. The summed E-state index contributed by atoms with van der Waals surface area (Å²) in [6.07, 6.45) is 3.40. The molecule has 0 spiro atoms. The summed E-state index contributed by atoms with van der Waals surface area (Å²) in [5.74, 6) is 0.395. The van der Waals surface area contributed by atoms with Crippen LogP contribution in [0.15, 0.2) is 17.0 Å². The third kappa shape index (κ3) is 1.73.